The highest BCUT2D eigenvalue weighted by atomic mass is 35.5. The molecular weight excluding hydrogens is 453 g/mol. The summed E-state index contributed by atoms with van der Waals surface area (Å²) in [6.07, 6.45) is -3.62. The van der Waals surface area contributed by atoms with E-state index in [0.29, 0.717) is 22.5 Å². The van der Waals surface area contributed by atoms with Gasteiger partial charge in [0.1, 0.15) is 5.02 Å². The maximum atomic E-state index is 12.3. The molecule has 4 N–H and O–H groups in total. The van der Waals surface area contributed by atoms with Crippen LogP contribution < -0.4 is 21.7 Å². The Bertz CT molecular complexity index is 1350. The van der Waals surface area contributed by atoms with Crippen LogP contribution in [0.1, 0.15) is 0 Å². The summed E-state index contributed by atoms with van der Waals surface area (Å²) in [5.41, 5.74) is 1.89. The summed E-state index contributed by atoms with van der Waals surface area (Å²) >= 11 is 6.15. The highest BCUT2D eigenvalue weighted by Gasteiger charge is 2.38. The van der Waals surface area contributed by atoms with Gasteiger partial charge in [0, 0.05) is 17.1 Å². The maximum absolute atomic E-state index is 12.3. The third-order valence-electron chi connectivity index (χ3n) is 4.08. The summed E-state index contributed by atoms with van der Waals surface area (Å²) in [6.45, 7) is 0. The topological polar surface area (TPSA) is 125 Å². The molecule has 0 bridgehead atoms. The monoisotopic (exact) mass is 464 g/mol. The van der Waals surface area contributed by atoms with E-state index in [0.717, 1.165) is 0 Å². The number of nitrogens with one attached hydrogen (secondary N) is 4. The van der Waals surface area contributed by atoms with Gasteiger partial charge >= 0.3 is 17.8 Å². The average molecular weight is 465 g/mol. The van der Waals surface area contributed by atoms with Gasteiger partial charge in [0.05, 0.1) is 11.7 Å². The van der Waals surface area contributed by atoms with E-state index in [-0.39, 0.29) is 22.5 Å². The van der Waals surface area contributed by atoms with Crippen LogP contribution in [0.3, 0.4) is 0 Å². The molecule has 0 saturated carbocycles. The van der Waals surface area contributed by atoms with E-state index in [1.54, 1.807) is 23.5 Å². The van der Waals surface area contributed by atoms with Gasteiger partial charge < -0.3 is 20.4 Å². The smallest absolute Gasteiger partial charge is 0.408 e. The molecule has 0 saturated heterocycles. The first-order valence-corrected chi connectivity index (χ1v) is 9.23. The van der Waals surface area contributed by atoms with E-state index < -0.39 is 17.8 Å². The molecule has 9 nitrogen and oxygen atoms in total. The van der Waals surface area contributed by atoms with Gasteiger partial charge in [-0.15, -0.1) is 0 Å². The Morgan fingerprint density at radius 2 is 1.72 bits per heavy atom. The van der Waals surface area contributed by atoms with Crippen molar-refractivity contribution >= 4 is 57.4 Å². The second-order valence-corrected chi connectivity index (χ2v) is 6.80. The molecule has 0 fully saturated rings. The molecule has 2 heterocycles. The number of alkyl halides is 3. The quantitative estimate of drug-likeness (QED) is 0.341. The number of carbonyl (C=O) groups excluding carboxylic acids is 1. The predicted octanol–water partition coefficient (Wildman–Crippen LogP) is 4.55. The molecule has 13 heteroatoms. The molecule has 0 radical (unpaired) electrons. The SMILES string of the molecule is O=C(Nc1ccc(Nc2ncc(Cl)c(Nc3ccc4oc(=O)[nH]c4c3)n2)cc1)C(F)(F)F. The lowest BCUT2D eigenvalue weighted by Crippen LogP contribution is -2.29. The van der Waals surface area contributed by atoms with E-state index in [4.69, 9.17) is 16.0 Å². The number of hydrogen-bond acceptors (Lipinski definition) is 7. The van der Waals surface area contributed by atoms with Gasteiger partial charge in [-0.25, -0.2) is 9.78 Å². The number of nitrogens with zero attached hydrogens (tertiary/aromatic N) is 2. The summed E-state index contributed by atoms with van der Waals surface area (Å²) in [5, 5.41) is 7.86. The molecule has 0 atom stereocenters. The fourth-order valence-corrected chi connectivity index (χ4v) is 2.79. The molecular formula is C19H12ClF3N6O3. The fourth-order valence-electron chi connectivity index (χ4n) is 2.65. The molecule has 0 aliphatic carbocycles. The zero-order valence-corrected chi connectivity index (χ0v) is 16.5. The maximum Gasteiger partial charge on any atom is 0.471 e. The lowest BCUT2D eigenvalue weighted by Gasteiger charge is -2.11. The Balaban J connectivity index is 1.48. The molecule has 0 aliphatic heterocycles. The van der Waals surface area contributed by atoms with Crippen molar-refractivity contribution in [2.45, 2.75) is 6.18 Å². The van der Waals surface area contributed by atoms with Crippen LogP contribution in [0.5, 0.6) is 0 Å². The van der Waals surface area contributed by atoms with Crippen molar-refractivity contribution in [3.8, 4) is 0 Å². The van der Waals surface area contributed by atoms with E-state index >= 15 is 0 Å². The van der Waals surface area contributed by atoms with Crippen LogP contribution in [0, 0.1) is 0 Å². The largest absolute Gasteiger partial charge is 0.471 e. The van der Waals surface area contributed by atoms with Gasteiger partial charge in [0.15, 0.2) is 11.4 Å². The molecule has 0 spiro atoms. The number of amides is 1. The Hall–Kier alpha value is -4.06. The number of fused-ring (bicyclic) bond motifs is 1. The zero-order valence-electron chi connectivity index (χ0n) is 15.7. The Labute approximate surface area is 181 Å². The third-order valence-corrected chi connectivity index (χ3v) is 4.36. The van der Waals surface area contributed by atoms with Gasteiger partial charge in [-0.1, -0.05) is 11.6 Å². The minimum atomic E-state index is -4.98. The van der Waals surface area contributed by atoms with Crippen molar-refractivity contribution in [2.75, 3.05) is 16.0 Å². The minimum absolute atomic E-state index is 0.0232. The minimum Gasteiger partial charge on any atom is -0.408 e. The van der Waals surface area contributed by atoms with Crippen LogP contribution in [0.2, 0.25) is 5.02 Å². The highest BCUT2D eigenvalue weighted by Crippen LogP contribution is 2.27. The van der Waals surface area contributed by atoms with Crippen LogP contribution in [-0.2, 0) is 4.79 Å². The van der Waals surface area contributed by atoms with E-state index in [1.807, 2.05) is 0 Å². The zero-order chi connectivity index (χ0) is 22.9. The summed E-state index contributed by atoms with van der Waals surface area (Å²) < 4.78 is 41.9. The number of rotatable bonds is 5. The highest BCUT2D eigenvalue weighted by molar-refractivity contribution is 6.32. The van der Waals surface area contributed by atoms with Gasteiger partial charge in [0.25, 0.3) is 0 Å². The van der Waals surface area contributed by atoms with Crippen molar-refractivity contribution in [2.24, 2.45) is 0 Å². The van der Waals surface area contributed by atoms with Crippen molar-refractivity contribution in [1.82, 2.24) is 15.0 Å². The molecule has 4 rings (SSSR count). The van der Waals surface area contributed by atoms with E-state index in [2.05, 4.69) is 25.6 Å². The first-order chi connectivity index (χ1) is 15.2. The van der Waals surface area contributed by atoms with Crippen LogP contribution in [-0.4, -0.2) is 27.0 Å². The number of anilines is 5. The molecule has 0 unspecified atom stereocenters. The molecule has 32 heavy (non-hydrogen) atoms. The van der Waals surface area contributed by atoms with Gasteiger partial charge in [-0.2, -0.15) is 18.2 Å². The normalized spacial score (nSPS) is 11.4. The first kappa shape index (κ1) is 21.2. The Morgan fingerprint density at radius 1 is 1.03 bits per heavy atom. The average Bonchev–Trinajstić information content (AvgIpc) is 3.10. The summed E-state index contributed by atoms with van der Waals surface area (Å²) in [6, 6.07) is 10.4. The number of hydrogen-bond donors (Lipinski definition) is 4. The molecule has 1 amide bonds. The number of halogens is 4. The second kappa shape index (κ2) is 8.23. The van der Waals surface area contributed by atoms with Crippen molar-refractivity contribution < 1.29 is 22.4 Å². The van der Waals surface area contributed by atoms with Crippen molar-refractivity contribution in [3.63, 3.8) is 0 Å². The Kier molecular flexibility index (Phi) is 5.45. The molecule has 164 valence electrons. The van der Waals surface area contributed by atoms with E-state index in [9.17, 15) is 22.8 Å². The summed E-state index contributed by atoms with van der Waals surface area (Å²) in [7, 11) is 0. The van der Waals surface area contributed by atoms with E-state index in [1.165, 1.54) is 30.5 Å². The number of oxazole rings is 1. The predicted molar refractivity (Wildman–Crippen MR) is 112 cm³/mol. The number of aromatic nitrogens is 3. The molecule has 2 aromatic carbocycles. The second-order valence-electron chi connectivity index (χ2n) is 6.39. The Morgan fingerprint density at radius 3 is 2.44 bits per heavy atom. The van der Waals surface area contributed by atoms with Crippen molar-refractivity contribution in [3.05, 3.63) is 64.2 Å². The number of benzene rings is 2. The third kappa shape index (κ3) is 4.81. The van der Waals surface area contributed by atoms with Crippen molar-refractivity contribution in [1.29, 1.82) is 0 Å². The number of aromatic amines is 1. The lowest BCUT2D eigenvalue weighted by molar-refractivity contribution is -0.167. The van der Waals surface area contributed by atoms with Gasteiger partial charge in [0.2, 0.25) is 5.95 Å². The lowest BCUT2D eigenvalue weighted by atomic mass is 10.2. The summed E-state index contributed by atoms with van der Waals surface area (Å²) in [5.74, 6) is -2.22. The standard InChI is InChI=1S/C19H12ClF3N6O3/c20-12-8-24-17(27-10-3-1-9(2-4-10)26-16(30)19(21,22)23)29-15(12)25-11-5-6-14-13(7-11)28-18(31)32-14/h1-8H,(H,26,30)(H,28,31)(H2,24,25,27,29). The van der Waals surface area contributed by atoms with Crippen LogP contribution in [0.15, 0.2) is 57.9 Å². The summed E-state index contributed by atoms with van der Waals surface area (Å²) in [4.78, 5) is 33.1. The molecule has 4 aromatic rings. The first-order valence-electron chi connectivity index (χ1n) is 8.85. The van der Waals surface area contributed by atoms with Crippen LogP contribution in [0.25, 0.3) is 11.1 Å². The van der Waals surface area contributed by atoms with Crippen LogP contribution >= 0.6 is 11.6 Å². The molecule has 0 aliphatic rings. The molecule has 2 aromatic heterocycles. The van der Waals surface area contributed by atoms with Gasteiger partial charge in [-0.05, 0) is 42.5 Å². The fraction of sp³-hybridized carbons (Fsp3) is 0.0526. The van der Waals surface area contributed by atoms with Gasteiger partial charge in [-0.3, -0.25) is 9.78 Å². The number of carbonyl (C=O) groups is 1. The van der Waals surface area contributed by atoms with Crippen LogP contribution in [0.4, 0.5) is 42.0 Å². The number of H-pyrrole nitrogens is 1.